The number of carbonyl (C=O) groups excluding carboxylic acids is 1. The second-order valence-corrected chi connectivity index (χ2v) is 7.83. The van der Waals surface area contributed by atoms with Gasteiger partial charge < -0.3 is 14.7 Å². The molecule has 34 heavy (non-hydrogen) atoms. The first kappa shape index (κ1) is 19.9. The molecule has 6 rings (SSSR count). The molecule has 5 heterocycles. The predicted molar refractivity (Wildman–Crippen MR) is 129 cm³/mol. The van der Waals surface area contributed by atoms with Crippen LogP contribution in [0.15, 0.2) is 71.8 Å². The molecule has 1 aromatic carbocycles. The minimum atomic E-state index is -0.0702. The summed E-state index contributed by atoms with van der Waals surface area (Å²) in [6.45, 7) is 1.80. The average molecular weight is 449 g/mol. The van der Waals surface area contributed by atoms with Gasteiger partial charge >= 0.3 is 0 Å². The van der Waals surface area contributed by atoms with Gasteiger partial charge in [-0.15, -0.1) is 0 Å². The molecule has 3 N–H and O–H groups in total. The number of hydrogen-bond acceptors (Lipinski definition) is 6. The van der Waals surface area contributed by atoms with Crippen molar-refractivity contribution in [3.05, 3.63) is 67.4 Å². The van der Waals surface area contributed by atoms with Crippen molar-refractivity contribution in [2.75, 3.05) is 5.32 Å². The highest BCUT2D eigenvalue weighted by atomic mass is 16.3. The first-order chi connectivity index (χ1) is 16.7. The minimum Gasteiger partial charge on any atom is -0.472 e. The maximum Gasteiger partial charge on any atom is 0.224 e. The number of aromatic nitrogens is 6. The molecule has 0 saturated carbocycles. The Morgan fingerprint density at radius 3 is 2.82 bits per heavy atom. The molecule has 0 bridgehead atoms. The molecule has 5 aromatic heterocycles. The number of carbonyl (C=O) groups is 1. The molecule has 0 fully saturated rings. The standard InChI is InChI=1S/C25H19N7O2/c1-2-21(33)27-16-10-15(11-26-12-16)18-6-7-20-23(28-18)24(32-31-20)25-29-19-5-3-4-17(22(19)30-25)14-8-9-34-13-14/h3-13H,2H2,1H3,(H,27,33)(H,29,30)(H,31,32). The van der Waals surface area contributed by atoms with Crippen molar-refractivity contribution in [3.63, 3.8) is 0 Å². The second-order valence-electron chi connectivity index (χ2n) is 7.83. The van der Waals surface area contributed by atoms with Crippen LogP contribution in [-0.2, 0) is 4.79 Å². The lowest BCUT2D eigenvalue weighted by molar-refractivity contribution is -0.115. The number of nitrogens with zero attached hydrogens (tertiary/aromatic N) is 4. The number of H-pyrrole nitrogens is 2. The van der Waals surface area contributed by atoms with E-state index in [1.54, 1.807) is 31.8 Å². The molecular weight excluding hydrogens is 430 g/mol. The van der Waals surface area contributed by atoms with Crippen LogP contribution < -0.4 is 5.32 Å². The van der Waals surface area contributed by atoms with E-state index in [2.05, 4.69) is 25.5 Å². The number of benzene rings is 1. The molecule has 0 unspecified atom stereocenters. The molecule has 0 radical (unpaired) electrons. The number of anilines is 1. The predicted octanol–water partition coefficient (Wildman–Crippen LogP) is 5.17. The van der Waals surface area contributed by atoms with Crippen LogP contribution in [0.4, 0.5) is 5.69 Å². The Kier molecular flexibility index (Phi) is 4.65. The fourth-order valence-electron chi connectivity index (χ4n) is 3.92. The van der Waals surface area contributed by atoms with Crippen molar-refractivity contribution in [1.29, 1.82) is 0 Å². The Morgan fingerprint density at radius 2 is 1.97 bits per heavy atom. The van der Waals surface area contributed by atoms with Gasteiger partial charge in [-0.3, -0.25) is 14.9 Å². The van der Waals surface area contributed by atoms with Crippen LogP contribution in [0, 0.1) is 0 Å². The molecular formula is C25H19N7O2. The van der Waals surface area contributed by atoms with E-state index < -0.39 is 0 Å². The molecule has 0 aliphatic carbocycles. The van der Waals surface area contributed by atoms with E-state index in [1.165, 1.54) is 0 Å². The number of amides is 1. The summed E-state index contributed by atoms with van der Waals surface area (Å²) in [5.74, 6) is 0.545. The maximum atomic E-state index is 11.8. The van der Waals surface area contributed by atoms with Crippen LogP contribution >= 0.6 is 0 Å². The third kappa shape index (κ3) is 3.39. The Bertz CT molecular complexity index is 1650. The molecule has 6 aromatic rings. The van der Waals surface area contributed by atoms with Crippen molar-refractivity contribution < 1.29 is 9.21 Å². The Hall–Kier alpha value is -4.79. The van der Waals surface area contributed by atoms with Crippen LogP contribution in [0.5, 0.6) is 0 Å². The van der Waals surface area contributed by atoms with E-state index in [0.717, 1.165) is 33.2 Å². The number of fused-ring (bicyclic) bond motifs is 2. The number of para-hydroxylation sites is 1. The largest absolute Gasteiger partial charge is 0.472 e. The molecule has 0 aliphatic heterocycles. The lowest BCUT2D eigenvalue weighted by Crippen LogP contribution is -2.09. The minimum absolute atomic E-state index is 0.0702. The lowest BCUT2D eigenvalue weighted by Gasteiger charge is -2.06. The lowest BCUT2D eigenvalue weighted by atomic mass is 10.1. The smallest absolute Gasteiger partial charge is 0.224 e. The van der Waals surface area contributed by atoms with Crippen LogP contribution in [-0.4, -0.2) is 36.0 Å². The van der Waals surface area contributed by atoms with E-state index >= 15 is 0 Å². The third-order valence-electron chi connectivity index (χ3n) is 5.62. The van der Waals surface area contributed by atoms with Gasteiger partial charge in [0, 0.05) is 29.3 Å². The van der Waals surface area contributed by atoms with Crippen LogP contribution in [0.1, 0.15) is 13.3 Å². The number of nitrogens with one attached hydrogen (secondary N) is 3. The average Bonchev–Trinajstić information content (AvgIpc) is 3.62. The highest BCUT2D eigenvalue weighted by Gasteiger charge is 2.17. The zero-order chi connectivity index (χ0) is 23.1. The van der Waals surface area contributed by atoms with Gasteiger partial charge in [0.1, 0.15) is 5.52 Å². The molecule has 9 nitrogen and oxygen atoms in total. The molecule has 0 saturated heterocycles. The Balaban J connectivity index is 1.43. The summed E-state index contributed by atoms with van der Waals surface area (Å²) in [7, 11) is 0. The van der Waals surface area contributed by atoms with E-state index in [0.29, 0.717) is 34.8 Å². The number of imidazole rings is 1. The molecule has 0 atom stereocenters. The van der Waals surface area contributed by atoms with Gasteiger partial charge in [0.2, 0.25) is 5.91 Å². The van der Waals surface area contributed by atoms with Crippen molar-refractivity contribution in [2.24, 2.45) is 0 Å². The quantitative estimate of drug-likeness (QED) is 0.333. The summed E-state index contributed by atoms with van der Waals surface area (Å²) in [6, 6.07) is 13.5. The zero-order valence-corrected chi connectivity index (χ0v) is 18.2. The van der Waals surface area contributed by atoms with Crippen LogP contribution in [0.3, 0.4) is 0 Å². The van der Waals surface area contributed by atoms with Gasteiger partial charge in [0.15, 0.2) is 11.5 Å². The van der Waals surface area contributed by atoms with Crippen molar-refractivity contribution in [1.82, 2.24) is 30.1 Å². The Labute approximate surface area is 193 Å². The monoisotopic (exact) mass is 449 g/mol. The molecule has 0 aliphatic rings. The van der Waals surface area contributed by atoms with Gasteiger partial charge in [0.05, 0.1) is 46.7 Å². The first-order valence-corrected chi connectivity index (χ1v) is 10.8. The second kappa shape index (κ2) is 7.96. The fraction of sp³-hybridized carbons (Fsp3) is 0.0800. The van der Waals surface area contributed by atoms with Crippen molar-refractivity contribution in [3.8, 4) is 33.9 Å². The summed E-state index contributed by atoms with van der Waals surface area (Å²) in [5, 5.41) is 10.4. The normalized spacial score (nSPS) is 11.3. The molecule has 1 amide bonds. The van der Waals surface area contributed by atoms with E-state index in [9.17, 15) is 4.79 Å². The third-order valence-corrected chi connectivity index (χ3v) is 5.62. The van der Waals surface area contributed by atoms with E-state index in [-0.39, 0.29) is 5.91 Å². The number of rotatable bonds is 5. The van der Waals surface area contributed by atoms with Gasteiger partial charge in [-0.2, -0.15) is 5.10 Å². The maximum absolute atomic E-state index is 11.8. The van der Waals surface area contributed by atoms with E-state index in [4.69, 9.17) is 14.4 Å². The molecule has 9 heteroatoms. The summed E-state index contributed by atoms with van der Waals surface area (Å²) in [4.78, 5) is 29.1. The van der Waals surface area contributed by atoms with Crippen LogP contribution in [0.2, 0.25) is 0 Å². The zero-order valence-electron chi connectivity index (χ0n) is 18.2. The van der Waals surface area contributed by atoms with Crippen molar-refractivity contribution >= 4 is 33.7 Å². The number of aromatic amines is 2. The van der Waals surface area contributed by atoms with Gasteiger partial charge in [-0.1, -0.05) is 19.1 Å². The number of furan rings is 1. The van der Waals surface area contributed by atoms with Crippen LogP contribution in [0.25, 0.3) is 56.0 Å². The first-order valence-electron chi connectivity index (χ1n) is 10.8. The summed E-state index contributed by atoms with van der Waals surface area (Å²) in [6.07, 6.45) is 7.07. The van der Waals surface area contributed by atoms with E-state index in [1.807, 2.05) is 42.5 Å². The molecule has 0 spiro atoms. The van der Waals surface area contributed by atoms with Crippen molar-refractivity contribution in [2.45, 2.75) is 13.3 Å². The summed E-state index contributed by atoms with van der Waals surface area (Å²) in [5.41, 5.74) is 7.87. The summed E-state index contributed by atoms with van der Waals surface area (Å²) < 4.78 is 5.25. The summed E-state index contributed by atoms with van der Waals surface area (Å²) >= 11 is 0. The van der Waals surface area contributed by atoms with Gasteiger partial charge in [0.25, 0.3) is 0 Å². The highest BCUT2D eigenvalue weighted by Crippen LogP contribution is 2.32. The molecule has 166 valence electrons. The Morgan fingerprint density at radius 1 is 1.03 bits per heavy atom. The van der Waals surface area contributed by atoms with Gasteiger partial charge in [-0.05, 0) is 30.3 Å². The fourth-order valence-corrected chi connectivity index (χ4v) is 3.92. The van der Waals surface area contributed by atoms with Gasteiger partial charge in [-0.25, -0.2) is 9.97 Å². The highest BCUT2D eigenvalue weighted by molar-refractivity contribution is 5.96. The number of pyridine rings is 2. The number of hydrogen-bond donors (Lipinski definition) is 3. The SMILES string of the molecule is CCC(=O)Nc1cncc(-c2ccc3[nH]nc(-c4nc5c(-c6ccoc6)cccc5[nH]4)c3n2)c1. The topological polar surface area (TPSA) is 125 Å².